The SMILES string of the molecule is O=C(CN1CCCC(COc2ccccc2)C1)NCCc1cccc2cccnc12. The van der Waals surface area contributed by atoms with Gasteiger partial charge >= 0.3 is 0 Å². The molecule has 1 atom stereocenters. The molecule has 3 aromatic rings. The number of nitrogens with one attached hydrogen (secondary N) is 1. The van der Waals surface area contributed by atoms with Crippen LogP contribution in [0.3, 0.4) is 0 Å². The summed E-state index contributed by atoms with van der Waals surface area (Å²) in [6.45, 7) is 3.67. The predicted molar refractivity (Wildman–Crippen MR) is 120 cm³/mol. The zero-order chi connectivity index (χ0) is 20.6. The normalized spacial score (nSPS) is 17.0. The molecule has 0 radical (unpaired) electrons. The van der Waals surface area contributed by atoms with Gasteiger partial charge in [-0.05, 0) is 49.6 Å². The number of hydrogen-bond acceptors (Lipinski definition) is 4. The number of fused-ring (bicyclic) bond motifs is 1. The summed E-state index contributed by atoms with van der Waals surface area (Å²) in [5, 5.41) is 4.21. The number of ether oxygens (including phenoxy) is 1. The van der Waals surface area contributed by atoms with E-state index in [9.17, 15) is 4.79 Å². The second-order valence-corrected chi connectivity index (χ2v) is 7.96. The van der Waals surface area contributed by atoms with Gasteiger partial charge in [0.1, 0.15) is 5.75 Å². The van der Waals surface area contributed by atoms with Crippen LogP contribution in [0.15, 0.2) is 66.9 Å². The van der Waals surface area contributed by atoms with Crippen LogP contribution in [0.5, 0.6) is 5.75 Å². The van der Waals surface area contributed by atoms with Gasteiger partial charge in [-0.25, -0.2) is 0 Å². The standard InChI is InChI=1S/C25H29N3O2/c29-24(26-15-13-22-9-4-8-21-10-5-14-27-25(21)22)18-28-16-6-7-20(17-28)19-30-23-11-2-1-3-12-23/h1-5,8-12,14,20H,6-7,13,15-19H2,(H,26,29). The number of benzene rings is 2. The molecule has 1 unspecified atom stereocenters. The summed E-state index contributed by atoms with van der Waals surface area (Å²) in [6, 6.07) is 20.2. The minimum absolute atomic E-state index is 0.0906. The molecular weight excluding hydrogens is 374 g/mol. The van der Waals surface area contributed by atoms with Crippen molar-refractivity contribution in [3.63, 3.8) is 0 Å². The van der Waals surface area contributed by atoms with E-state index in [-0.39, 0.29) is 5.91 Å². The molecule has 156 valence electrons. The lowest BCUT2D eigenvalue weighted by Crippen LogP contribution is -2.44. The third-order valence-corrected chi connectivity index (χ3v) is 5.63. The van der Waals surface area contributed by atoms with Gasteiger partial charge in [0.05, 0.1) is 18.7 Å². The van der Waals surface area contributed by atoms with Crippen LogP contribution in [0, 0.1) is 5.92 Å². The average molecular weight is 404 g/mol. The first kappa shape index (κ1) is 20.4. The lowest BCUT2D eigenvalue weighted by atomic mass is 9.99. The summed E-state index contributed by atoms with van der Waals surface area (Å²) in [6.07, 6.45) is 4.86. The zero-order valence-corrected chi connectivity index (χ0v) is 17.3. The molecule has 30 heavy (non-hydrogen) atoms. The quantitative estimate of drug-likeness (QED) is 0.623. The molecular formula is C25H29N3O2. The molecule has 1 saturated heterocycles. The number of rotatable bonds is 8. The Bertz CT molecular complexity index is 956. The van der Waals surface area contributed by atoms with Crippen molar-refractivity contribution in [2.24, 2.45) is 5.92 Å². The van der Waals surface area contributed by atoms with Gasteiger partial charge in [0.25, 0.3) is 0 Å². The Labute approximate surface area is 178 Å². The second-order valence-electron chi connectivity index (χ2n) is 7.96. The second kappa shape index (κ2) is 10.2. The van der Waals surface area contributed by atoms with Gasteiger partial charge in [0.15, 0.2) is 0 Å². The van der Waals surface area contributed by atoms with Crippen LogP contribution in [0.4, 0.5) is 0 Å². The molecule has 1 fully saturated rings. The monoisotopic (exact) mass is 403 g/mol. The van der Waals surface area contributed by atoms with Crippen molar-refractivity contribution in [2.45, 2.75) is 19.3 Å². The van der Waals surface area contributed by atoms with Crippen molar-refractivity contribution in [1.29, 1.82) is 0 Å². The van der Waals surface area contributed by atoms with Gasteiger partial charge < -0.3 is 10.1 Å². The summed E-state index contributed by atoms with van der Waals surface area (Å²) in [4.78, 5) is 19.2. The molecule has 5 nitrogen and oxygen atoms in total. The number of piperidine rings is 1. The van der Waals surface area contributed by atoms with Crippen molar-refractivity contribution >= 4 is 16.8 Å². The number of hydrogen-bond donors (Lipinski definition) is 1. The molecule has 1 amide bonds. The fourth-order valence-electron chi connectivity index (χ4n) is 4.13. The summed E-state index contributed by atoms with van der Waals surface area (Å²) < 4.78 is 5.91. The molecule has 1 N–H and O–H groups in total. The lowest BCUT2D eigenvalue weighted by Gasteiger charge is -2.32. The summed E-state index contributed by atoms with van der Waals surface area (Å²) in [5.74, 6) is 1.47. The van der Waals surface area contributed by atoms with Crippen LogP contribution in [0.25, 0.3) is 10.9 Å². The highest BCUT2D eigenvalue weighted by molar-refractivity contribution is 5.81. The Morgan fingerprint density at radius 1 is 1.10 bits per heavy atom. The summed E-state index contributed by atoms with van der Waals surface area (Å²) in [5.41, 5.74) is 2.19. The Morgan fingerprint density at radius 2 is 1.97 bits per heavy atom. The van der Waals surface area contributed by atoms with E-state index in [1.165, 1.54) is 5.56 Å². The number of aromatic nitrogens is 1. The maximum absolute atomic E-state index is 12.5. The van der Waals surface area contributed by atoms with Crippen LogP contribution in [-0.4, -0.2) is 48.6 Å². The molecule has 0 saturated carbocycles. The maximum atomic E-state index is 12.5. The van der Waals surface area contributed by atoms with Crippen LogP contribution in [-0.2, 0) is 11.2 Å². The largest absolute Gasteiger partial charge is 0.493 e. The number of carbonyl (C=O) groups is 1. The molecule has 0 bridgehead atoms. The van der Waals surface area contributed by atoms with Crippen molar-refractivity contribution in [2.75, 3.05) is 32.8 Å². The molecule has 5 heteroatoms. The van der Waals surface area contributed by atoms with Crippen molar-refractivity contribution < 1.29 is 9.53 Å². The molecule has 0 aliphatic carbocycles. The third kappa shape index (κ3) is 5.57. The van der Waals surface area contributed by atoms with E-state index in [0.717, 1.165) is 49.0 Å². The zero-order valence-electron chi connectivity index (χ0n) is 17.3. The van der Waals surface area contributed by atoms with Crippen LogP contribution < -0.4 is 10.1 Å². The van der Waals surface area contributed by atoms with E-state index >= 15 is 0 Å². The minimum atomic E-state index is 0.0906. The van der Waals surface area contributed by atoms with Crippen molar-refractivity contribution in [3.8, 4) is 5.75 Å². The van der Waals surface area contributed by atoms with E-state index in [1.54, 1.807) is 0 Å². The molecule has 2 aromatic carbocycles. The molecule has 2 heterocycles. The number of pyridine rings is 1. The van der Waals surface area contributed by atoms with E-state index in [0.29, 0.717) is 25.6 Å². The van der Waals surface area contributed by atoms with E-state index in [1.807, 2.05) is 48.7 Å². The van der Waals surface area contributed by atoms with Crippen LogP contribution >= 0.6 is 0 Å². The molecule has 0 spiro atoms. The lowest BCUT2D eigenvalue weighted by molar-refractivity contribution is -0.122. The average Bonchev–Trinajstić information content (AvgIpc) is 2.79. The number of amides is 1. The number of carbonyl (C=O) groups excluding carboxylic acids is 1. The molecule has 1 aliphatic heterocycles. The first-order chi connectivity index (χ1) is 14.8. The van der Waals surface area contributed by atoms with Crippen LogP contribution in [0.1, 0.15) is 18.4 Å². The van der Waals surface area contributed by atoms with Crippen molar-refractivity contribution in [3.05, 3.63) is 72.4 Å². The van der Waals surface area contributed by atoms with Gasteiger partial charge in [-0.2, -0.15) is 0 Å². The summed E-state index contributed by atoms with van der Waals surface area (Å²) >= 11 is 0. The molecule has 1 aromatic heterocycles. The molecule has 1 aliphatic rings. The van der Waals surface area contributed by atoms with Gasteiger partial charge in [-0.15, -0.1) is 0 Å². The van der Waals surface area contributed by atoms with Crippen LogP contribution in [0.2, 0.25) is 0 Å². The number of para-hydroxylation sites is 2. The van der Waals surface area contributed by atoms with E-state index in [4.69, 9.17) is 4.74 Å². The predicted octanol–water partition coefficient (Wildman–Crippen LogP) is 3.68. The topological polar surface area (TPSA) is 54.5 Å². The van der Waals surface area contributed by atoms with Crippen molar-refractivity contribution in [1.82, 2.24) is 15.2 Å². The van der Waals surface area contributed by atoms with Gasteiger partial charge in [0, 0.05) is 30.6 Å². The third-order valence-electron chi connectivity index (χ3n) is 5.63. The Morgan fingerprint density at radius 3 is 2.87 bits per heavy atom. The summed E-state index contributed by atoms with van der Waals surface area (Å²) in [7, 11) is 0. The number of likely N-dealkylation sites (tertiary alicyclic amines) is 1. The Kier molecular flexibility index (Phi) is 6.93. The fraction of sp³-hybridized carbons (Fsp3) is 0.360. The van der Waals surface area contributed by atoms with E-state index in [2.05, 4.69) is 33.4 Å². The minimum Gasteiger partial charge on any atom is -0.493 e. The first-order valence-electron chi connectivity index (χ1n) is 10.8. The van der Waals surface area contributed by atoms with Gasteiger partial charge in [-0.1, -0.05) is 42.5 Å². The molecule has 4 rings (SSSR count). The van der Waals surface area contributed by atoms with Gasteiger partial charge in [0.2, 0.25) is 5.91 Å². The highest BCUT2D eigenvalue weighted by atomic mass is 16.5. The maximum Gasteiger partial charge on any atom is 0.234 e. The Hall–Kier alpha value is -2.92. The highest BCUT2D eigenvalue weighted by Crippen LogP contribution is 2.19. The first-order valence-corrected chi connectivity index (χ1v) is 10.8. The Balaban J connectivity index is 1.21. The van der Waals surface area contributed by atoms with E-state index < -0.39 is 0 Å². The highest BCUT2D eigenvalue weighted by Gasteiger charge is 2.22. The smallest absolute Gasteiger partial charge is 0.234 e. The number of nitrogens with zero attached hydrogens (tertiary/aromatic N) is 2. The van der Waals surface area contributed by atoms with Gasteiger partial charge in [-0.3, -0.25) is 14.7 Å². The fourth-order valence-corrected chi connectivity index (χ4v) is 4.13.